The number of aliphatic hydroxyl groups is 3. The third-order valence-electron chi connectivity index (χ3n) is 6.00. The van der Waals surface area contributed by atoms with Crippen LogP contribution in [0.25, 0.3) is 0 Å². The van der Waals surface area contributed by atoms with Gasteiger partial charge in [-0.1, -0.05) is 0 Å². The van der Waals surface area contributed by atoms with E-state index in [2.05, 4.69) is 9.47 Å². The topological polar surface area (TPSA) is 180 Å². The molecule has 1 rings (SSSR count). The van der Waals surface area contributed by atoms with Gasteiger partial charge in [-0.2, -0.15) is 87.8 Å². The Hall–Kier alpha value is -3.42. The Morgan fingerprint density at radius 3 is 1.02 bits per heavy atom. The third kappa shape index (κ3) is 22.2. The molecule has 1 atom stereocenters. The van der Waals surface area contributed by atoms with Crippen LogP contribution in [0.3, 0.4) is 0 Å². The Balaban J connectivity index is -0.000000233. The molecule has 0 radical (unpaired) electrons. The average Bonchev–Trinajstić information content (AvgIpc) is 2.94. The fourth-order valence-electron chi connectivity index (χ4n) is 3.47. The summed E-state index contributed by atoms with van der Waals surface area (Å²) in [4.78, 5) is 39.6. The van der Waals surface area contributed by atoms with E-state index in [1.54, 1.807) is 0 Å². The molecule has 0 aromatic rings. The predicted molar refractivity (Wildman–Crippen MR) is 174 cm³/mol. The molecule has 0 bridgehead atoms. The number of hydrogen-bond donors (Lipinski definition) is 3. The van der Waals surface area contributed by atoms with Crippen molar-refractivity contribution in [3.63, 3.8) is 0 Å². The van der Waals surface area contributed by atoms with Crippen LogP contribution in [0, 0.1) is 0 Å². The van der Waals surface area contributed by atoms with E-state index in [0.29, 0.717) is 27.7 Å². The van der Waals surface area contributed by atoms with Gasteiger partial charge in [-0.25, -0.2) is 0 Å². The standard InChI is InChI=1S/2C9H13F5O3.C6H7F5O2.C3HF5O.2C3H6O/c1-5(2)7(10,11)8(15,9(12,13)14)17-6(3,4)16-5;1-6(2,17-7(3,4)16)8(10,11)5(15)9(12,13)14;1-4(2,13)5(7,8)3(12)6(9,10)11;4-2(5)1(9)3(6,7)8;2*1-3(2)4/h15H,1-4H3;16H,1-4H3;13H,1-2H3;9H;2*1-2H3/p-1. The number of carbonyl (C=O) groups is 4. The summed E-state index contributed by atoms with van der Waals surface area (Å²) in [5, 5.41) is 36.2. The number of rotatable bonds is 6. The molecule has 0 aliphatic carbocycles. The van der Waals surface area contributed by atoms with Crippen LogP contribution in [-0.2, 0) is 33.4 Å². The summed E-state index contributed by atoms with van der Waals surface area (Å²) in [7, 11) is 0. The summed E-state index contributed by atoms with van der Waals surface area (Å²) in [6.45, 7) is 13.6. The second kappa shape index (κ2) is 22.4. The normalized spacial score (nSPS) is 18.8. The Labute approximate surface area is 350 Å². The van der Waals surface area contributed by atoms with Crippen LogP contribution in [0.2, 0.25) is 0 Å². The van der Waals surface area contributed by atoms with Crippen molar-refractivity contribution in [1.82, 2.24) is 0 Å². The Bertz CT molecular complexity index is 1560. The summed E-state index contributed by atoms with van der Waals surface area (Å²) in [5.74, 6) is -32.1. The van der Waals surface area contributed by atoms with E-state index in [0.717, 1.165) is 41.5 Å². The molecule has 0 aromatic heterocycles. The van der Waals surface area contributed by atoms with Crippen LogP contribution in [0.1, 0.15) is 96.9 Å². The van der Waals surface area contributed by atoms with Gasteiger partial charge in [-0.15, -0.1) is 0 Å². The molecule has 1 saturated heterocycles. The Morgan fingerprint density at radius 1 is 0.562 bits per heavy atom. The van der Waals surface area contributed by atoms with Crippen molar-refractivity contribution >= 4 is 23.1 Å². The molecule has 0 amide bonds. The minimum Gasteiger partial charge on any atom is -0.866 e. The SMILES string of the molecule is CC(C)(O)C(F)(F)C(=O)C(F)(F)F.CC(C)(O)OC(C)(C)C(F)(F)C(=O)C(F)(F)F.CC(C)=O.CC(C)=O.CC1(C)OC(C)(C)C(F)(F)C(O)(C(F)(F)F)O1.[O-]C(=C(F)F)C(F)(F)F. The van der Waals surface area contributed by atoms with E-state index in [4.69, 9.17) is 14.9 Å². The molecule has 1 aliphatic rings. The highest BCUT2D eigenvalue weighted by molar-refractivity contribution is 5.92. The van der Waals surface area contributed by atoms with Gasteiger partial charge < -0.3 is 44.2 Å². The minimum absolute atomic E-state index is 0.167. The van der Waals surface area contributed by atoms with E-state index in [1.165, 1.54) is 27.7 Å². The molecule has 384 valence electrons. The van der Waals surface area contributed by atoms with Crippen molar-refractivity contribution in [3.8, 4) is 0 Å². The van der Waals surface area contributed by atoms with Crippen LogP contribution in [-0.4, -0.2) is 115 Å². The average molecular weight is 998 g/mol. The fourth-order valence-corrected chi connectivity index (χ4v) is 3.47. The number of Topliss-reactive ketones (excluding diaryl/α,β-unsaturated/α-hetero) is 4. The fraction of sp³-hybridized carbons (Fsp3) is 0.818. The lowest BCUT2D eigenvalue weighted by molar-refractivity contribution is -0.538. The first kappa shape index (κ1) is 69.6. The van der Waals surface area contributed by atoms with Gasteiger partial charge in [0.15, 0.2) is 11.6 Å². The molecule has 1 aliphatic heterocycles. The number of hydrogen-bond acceptors (Lipinski definition) is 11. The molecule has 3 N–H and O–H groups in total. The van der Waals surface area contributed by atoms with Gasteiger partial charge in [0, 0.05) is 5.76 Å². The van der Waals surface area contributed by atoms with Crippen LogP contribution in [0.5, 0.6) is 0 Å². The summed E-state index contributed by atoms with van der Waals surface area (Å²) in [5.41, 5.74) is -8.35. The molecular weight excluding hydrogens is 952 g/mol. The second-order valence-electron chi connectivity index (χ2n) is 15.2. The number of alkyl halides is 18. The highest BCUT2D eigenvalue weighted by Gasteiger charge is 2.80. The van der Waals surface area contributed by atoms with E-state index >= 15 is 0 Å². The van der Waals surface area contributed by atoms with E-state index in [9.17, 15) is 117 Å². The molecule has 1 heterocycles. The Morgan fingerprint density at radius 2 is 0.844 bits per heavy atom. The maximum absolute atomic E-state index is 13.7. The lowest BCUT2D eigenvalue weighted by Crippen LogP contribution is -2.75. The zero-order chi connectivity index (χ0) is 54.1. The van der Waals surface area contributed by atoms with Crippen molar-refractivity contribution in [2.24, 2.45) is 0 Å². The first-order valence-electron chi connectivity index (χ1n) is 16.4. The van der Waals surface area contributed by atoms with E-state index < -0.39 is 100 Å². The van der Waals surface area contributed by atoms with Gasteiger partial charge in [0.25, 0.3) is 6.08 Å². The first-order valence-corrected chi connectivity index (χ1v) is 16.4. The number of ketones is 4. The van der Waals surface area contributed by atoms with Gasteiger partial charge in [0.1, 0.15) is 28.4 Å². The van der Waals surface area contributed by atoms with Gasteiger partial charge in [0.05, 0.1) is 0 Å². The molecule has 0 spiro atoms. The van der Waals surface area contributed by atoms with Crippen molar-refractivity contribution in [2.75, 3.05) is 0 Å². The van der Waals surface area contributed by atoms with Gasteiger partial charge in [-0.05, 0) is 96.9 Å². The predicted octanol–water partition coefficient (Wildman–Crippen LogP) is 8.44. The number of halogens is 20. The van der Waals surface area contributed by atoms with Crippen LogP contribution in [0.4, 0.5) is 87.8 Å². The smallest absolute Gasteiger partial charge is 0.456 e. The molecule has 11 nitrogen and oxygen atoms in total. The van der Waals surface area contributed by atoms with Gasteiger partial charge >= 0.3 is 59.8 Å². The summed E-state index contributed by atoms with van der Waals surface area (Å²) < 4.78 is 254. The molecule has 1 fully saturated rings. The molecule has 31 heteroatoms. The van der Waals surface area contributed by atoms with Gasteiger partial charge in [0.2, 0.25) is 0 Å². The highest BCUT2D eigenvalue weighted by Crippen LogP contribution is 2.55. The maximum atomic E-state index is 13.7. The van der Waals surface area contributed by atoms with Crippen molar-refractivity contribution in [2.45, 2.75) is 174 Å². The maximum Gasteiger partial charge on any atom is 0.456 e. The quantitative estimate of drug-likeness (QED) is 0.132. The highest BCUT2D eigenvalue weighted by atomic mass is 19.4. The lowest BCUT2D eigenvalue weighted by Gasteiger charge is -2.53. The number of ether oxygens (including phenoxy) is 3. The lowest BCUT2D eigenvalue weighted by atomic mass is 9.89. The second-order valence-corrected chi connectivity index (χ2v) is 15.2. The zero-order valence-corrected chi connectivity index (χ0v) is 35.7. The van der Waals surface area contributed by atoms with E-state index in [1.807, 2.05) is 0 Å². The first-order chi connectivity index (χ1) is 27.0. The van der Waals surface area contributed by atoms with Gasteiger partial charge in [-0.3, -0.25) is 9.59 Å². The monoisotopic (exact) mass is 997 g/mol. The van der Waals surface area contributed by atoms with Crippen molar-refractivity contribution < 1.29 is 142 Å². The van der Waals surface area contributed by atoms with Crippen LogP contribution in [0.15, 0.2) is 11.8 Å². The molecule has 1 unspecified atom stereocenters. The summed E-state index contributed by atoms with van der Waals surface area (Å²) in [6, 6.07) is 0. The molecule has 0 saturated carbocycles. The Kier molecular flexibility index (Phi) is 24.3. The third-order valence-corrected chi connectivity index (χ3v) is 6.00. The molecular formula is C33H45F20O11-. The molecule has 0 aromatic carbocycles. The van der Waals surface area contributed by atoms with Crippen molar-refractivity contribution in [3.05, 3.63) is 11.8 Å². The summed E-state index contributed by atoms with van der Waals surface area (Å²) in [6.07, 6.45) is -25.6. The zero-order valence-electron chi connectivity index (χ0n) is 35.7. The number of carbonyl (C=O) groups excluding carboxylic acids is 4. The largest absolute Gasteiger partial charge is 0.866 e. The van der Waals surface area contributed by atoms with Crippen molar-refractivity contribution in [1.29, 1.82) is 0 Å². The minimum atomic E-state index is -5.68. The molecule has 64 heavy (non-hydrogen) atoms. The van der Waals surface area contributed by atoms with Crippen LogP contribution < -0.4 is 5.11 Å². The summed E-state index contributed by atoms with van der Waals surface area (Å²) >= 11 is 0. The van der Waals surface area contributed by atoms with E-state index in [-0.39, 0.29) is 11.6 Å². The number of allylic oxidation sites excluding steroid dienone is 1. The van der Waals surface area contributed by atoms with Crippen LogP contribution >= 0.6 is 0 Å².